The molecule has 0 radical (unpaired) electrons. The van der Waals surface area contributed by atoms with E-state index in [4.69, 9.17) is 9.47 Å². The fourth-order valence-electron chi connectivity index (χ4n) is 3.31. The monoisotopic (exact) mass is 330 g/mol. The average molecular weight is 330 g/mol. The molecule has 0 aromatic heterocycles. The van der Waals surface area contributed by atoms with Crippen LogP contribution in [0.25, 0.3) is 0 Å². The molecule has 0 atom stereocenters. The first-order valence-electron chi connectivity index (χ1n) is 7.66. The van der Waals surface area contributed by atoms with Crippen molar-refractivity contribution in [3.8, 4) is 11.5 Å². The molecule has 2 aliphatic rings. The number of halogens is 3. The topological polar surface area (TPSA) is 24.9 Å². The van der Waals surface area contributed by atoms with Gasteiger partial charge in [-0.2, -0.15) is 0 Å². The Hall–Kier alpha value is -1.47. The Morgan fingerprint density at radius 2 is 1.78 bits per heavy atom. The van der Waals surface area contributed by atoms with Crippen molar-refractivity contribution < 1.29 is 22.6 Å². The van der Waals surface area contributed by atoms with Gasteiger partial charge in [0.05, 0.1) is 26.3 Å². The summed E-state index contributed by atoms with van der Waals surface area (Å²) in [5.74, 6) is -2.08. The van der Waals surface area contributed by atoms with Gasteiger partial charge in [-0.05, 0) is 0 Å². The lowest BCUT2D eigenvalue weighted by molar-refractivity contribution is -0.0137. The lowest BCUT2D eigenvalue weighted by Gasteiger charge is -2.44. The van der Waals surface area contributed by atoms with E-state index in [1.165, 1.54) is 26.4 Å². The first-order valence-corrected chi connectivity index (χ1v) is 7.66. The Kier molecular flexibility index (Phi) is 4.42. The number of methoxy groups -OCH3 is 2. The second-order valence-corrected chi connectivity index (χ2v) is 6.21. The van der Waals surface area contributed by atoms with E-state index < -0.39 is 11.7 Å². The Morgan fingerprint density at radius 1 is 1.17 bits per heavy atom. The van der Waals surface area contributed by atoms with Crippen LogP contribution in [0.5, 0.6) is 11.5 Å². The molecule has 128 valence electrons. The molecule has 23 heavy (non-hydrogen) atoms. The van der Waals surface area contributed by atoms with Crippen molar-refractivity contribution >= 4 is 0 Å². The third kappa shape index (κ3) is 3.40. The van der Waals surface area contributed by atoms with E-state index in [0.717, 1.165) is 18.7 Å². The molecule has 0 spiro atoms. The molecule has 0 amide bonds. The van der Waals surface area contributed by atoms with Crippen LogP contribution in [0.4, 0.5) is 13.2 Å². The minimum atomic E-state index is -2.55. The van der Waals surface area contributed by atoms with Crippen LogP contribution in [0.15, 0.2) is 12.1 Å². The summed E-state index contributed by atoms with van der Waals surface area (Å²) in [7, 11) is 2.98. The van der Waals surface area contributed by atoms with Crippen molar-refractivity contribution in [1.82, 2.24) is 9.80 Å². The number of nitrogens with zero attached hydrogens (tertiary/aromatic N) is 2. The van der Waals surface area contributed by atoms with Gasteiger partial charge in [0.1, 0.15) is 17.3 Å². The van der Waals surface area contributed by atoms with E-state index >= 15 is 0 Å². The molecule has 1 aromatic carbocycles. The Labute approximate surface area is 133 Å². The molecular formula is C16H21F3N2O2. The summed E-state index contributed by atoms with van der Waals surface area (Å²) in [6.45, 7) is 2.30. The molecule has 2 saturated heterocycles. The molecular weight excluding hydrogens is 309 g/mol. The van der Waals surface area contributed by atoms with Gasteiger partial charge in [-0.1, -0.05) is 0 Å². The van der Waals surface area contributed by atoms with Crippen LogP contribution in [-0.4, -0.2) is 62.2 Å². The van der Waals surface area contributed by atoms with E-state index in [1.54, 1.807) is 0 Å². The zero-order valence-electron chi connectivity index (χ0n) is 13.3. The highest BCUT2D eigenvalue weighted by Gasteiger charge is 2.44. The van der Waals surface area contributed by atoms with Crippen LogP contribution < -0.4 is 9.47 Å². The number of alkyl halides is 2. The molecule has 0 aliphatic carbocycles. The van der Waals surface area contributed by atoms with Crippen LogP contribution in [0.2, 0.25) is 0 Å². The van der Waals surface area contributed by atoms with Crippen LogP contribution >= 0.6 is 0 Å². The summed E-state index contributed by atoms with van der Waals surface area (Å²) in [6.07, 6.45) is -0.0525. The number of hydrogen-bond acceptors (Lipinski definition) is 4. The molecule has 1 aromatic rings. The van der Waals surface area contributed by atoms with Gasteiger partial charge in [-0.3, -0.25) is 9.80 Å². The fraction of sp³-hybridized carbons (Fsp3) is 0.625. The molecule has 2 fully saturated rings. The average Bonchev–Trinajstić information content (AvgIpc) is 2.82. The van der Waals surface area contributed by atoms with Gasteiger partial charge in [0, 0.05) is 50.8 Å². The van der Waals surface area contributed by atoms with E-state index in [-0.39, 0.29) is 19.0 Å². The summed E-state index contributed by atoms with van der Waals surface area (Å²) < 4.78 is 50.5. The van der Waals surface area contributed by atoms with Crippen LogP contribution in [0.3, 0.4) is 0 Å². The third-order valence-corrected chi connectivity index (χ3v) is 4.61. The molecule has 7 heteroatoms. The summed E-state index contributed by atoms with van der Waals surface area (Å²) >= 11 is 0. The number of hydrogen-bond donors (Lipinski definition) is 0. The quantitative estimate of drug-likeness (QED) is 0.828. The van der Waals surface area contributed by atoms with Gasteiger partial charge in [-0.15, -0.1) is 0 Å². The zero-order valence-corrected chi connectivity index (χ0v) is 13.3. The highest BCUT2D eigenvalue weighted by atomic mass is 19.3. The molecule has 0 N–H and O–H groups in total. The summed E-state index contributed by atoms with van der Waals surface area (Å²) in [4.78, 5) is 3.98. The van der Waals surface area contributed by atoms with Gasteiger partial charge in [0.15, 0.2) is 0 Å². The van der Waals surface area contributed by atoms with E-state index in [0.29, 0.717) is 24.6 Å². The zero-order chi connectivity index (χ0) is 16.6. The lowest BCUT2D eigenvalue weighted by Crippen LogP contribution is -2.58. The van der Waals surface area contributed by atoms with E-state index in [9.17, 15) is 13.2 Å². The summed E-state index contributed by atoms with van der Waals surface area (Å²) in [6, 6.07) is 2.83. The summed E-state index contributed by atoms with van der Waals surface area (Å²) in [5.41, 5.74) is 0.779. The van der Waals surface area contributed by atoms with Crippen molar-refractivity contribution in [3.05, 3.63) is 23.5 Å². The number of rotatable bonds is 5. The molecule has 4 nitrogen and oxygen atoms in total. The molecule has 0 bridgehead atoms. The SMILES string of the molecule is COc1cc(F)cc(OC)c1CN1CC(N2CCC(F)(F)C2)C1. The molecule has 2 heterocycles. The van der Waals surface area contributed by atoms with Crippen molar-refractivity contribution in [2.24, 2.45) is 0 Å². The molecule has 0 unspecified atom stereocenters. The first kappa shape index (κ1) is 16.4. The normalized spacial score (nSPS) is 22.1. The van der Waals surface area contributed by atoms with Crippen LogP contribution in [0.1, 0.15) is 12.0 Å². The van der Waals surface area contributed by atoms with Crippen molar-refractivity contribution in [2.75, 3.05) is 40.4 Å². The number of likely N-dealkylation sites (tertiary alicyclic amines) is 2. The molecule has 3 rings (SSSR count). The predicted molar refractivity (Wildman–Crippen MR) is 79.7 cm³/mol. The van der Waals surface area contributed by atoms with Crippen LogP contribution in [0, 0.1) is 5.82 Å². The largest absolute Gasteiger partial charge is 0.496 e. The van der Waals surface area contributed by atoms with Gasteiger partial charge < -0.3 is 9.47 Å². The minimum Gasteiger partial charge on any atom is -0.496 e. The van der Waals surface area contributed by atoms with Crippen molar-refractivity contribution in [2.45, 2.75) is 24.9 Å². The maximum Gasteiger partial charge on any atom is 0.261 e. The Bertz CT molecular complexity index is 551. The lowest BCUT2D eigenvalue weighted by atomic mass is 10.0. The predicted octanol–water partition coefficient (Wildman–Crippen LogP) is 2.37. The Morgan fingerprint density at radius 3 is 2.26 bits per heavy atom. The highest BCUT2D eigenvalue weighted by Crippen LogP contribution is 2.34. The first-order chi connectivity index (χ1) is 10.9. The number of benzene rings is 1. The third-order valence-electron chi connectivity index (χ3n) is 4.61. The van der Waals surface area contributed by atoms with E-state index in [2.05, 4.69) is 4.90 Å². The van der Waals surface area contributed by atoms with Gasteiger partial charge in [-0.25, -0.2) is 13.2 Å². The summed E-state index contributed by atoms with van der Waals surface area (Å²) in [5, 5.41) is 0. The van der Waals surface area contributed by atoms with Gasteiger partial charge in [0.25, 0.3) is 5.92 Å². The van der Waals surface area contributed by atoms with Crippen LogP contribution in [-0.2, 0) is 6.54 Å². The second-order valence-electron chi connectivity index (χ2n) is 6.21. The highest BCUT2D eigenvalue weighted by molar-refractivity contribution is 5.45. The van der Waals surface area contributed by atoms with Crippen molar-refractivity contribution in [1.29, 1.82) is 0 Å². The van der Waals surface area contributed by atoms with Gasteiger partial charge >= 0.3 is 0 Å². The maximum absolute atomic E-state index is 13.5. The number of ether oxygens (including phenoxy) is 2. The van der Waals surface area contributed by atoms with E-state index in [1.807, 2.05) is 4.90 Å². The smallest absolute Gasteiger partial charge is 0.261 e. The fourth-order valence-corrected chi connectivity index (χ4v) is 3.31. The standard InChI is InChI=1S/C16H21F3N2O2/c1-22-14-5-11(17)6-15(23-2)13(14)9-20-7-12(8-20)21-4-3-16(18,19)10-21/h5-6,12H,3-4,7-10H2,1-2H3. The molecule has 0 saturated carbocycles. The maximum atomic E-state index is 13.5. The van der Waals surface area contributed by atoms with Crippen molar-refractivity contribution in [3.63, 3.8) is 0 Å². The molecule has 2 aliphatic heterocycles. The van der Waals surface area contributed by atoms with Gasteiger partial charge in [0.2, 0.25) is 0 Å². The minimum absolute atomic E-state index is 0.0525. The Balaban J connectivity index is 1.62. The second kappa shape index (κ2) is 6.20.